The number of para-hydroxylation sites is 2. The third-order valence-corrected chi connectivity index (χ3v) is 4.06. The number of rotatable bonds is 7. The van der Waals surface area contributed by atoms with Crippen LogP contribution in [0, 0.1) is 21.4 Å². The second-order valence-corrected chi connectivity index (χ2v) is 6.06. The van der Waals surface area contributed by atoms with Gasteiger partial charge in [0.1, 0.15) is 28.9 Å². The normalized spacial score (nSPS) is 10.9. The average Bonchev–Trinajstić information content (AvgIpc) is 3.22. The number of carbonyl (C=O) groups excluding carboxylic acids is 1. The van der Waals surface area contributed by atoms with Crippen LogP contribution < -0.4 is 10.1 Å². The molecule has 8 nitrogen and oxygen atoms in total. The molecule has 0 aliphatic carbocycles. The van der Waals surface area contributed by atoms with Gasteiger partial charge >= 0.3 is 0 Å². The number of nitrogens with zero attached hydrogens (tertiary/aromatic N) is 2. The molecule has 0 atom stereocenters. The van der Waals surface area contributed by atoms with Crippen molar-refractivity contribution >= 4 is 23.4 Å². The fourth-order valence-electron chi connectivity index (χ4n) is 2.69. The van der Waals surface area contributed by atoms with Crippen LogP contribution in [0.25, 0.3) is 17.4 Å². The third-order valence-electron chi connectivity index (χ3n) is 4.06. The van der Waals surface area contributed by atoms with Gasteiger partial charge < -0.3 is 14.5 Å². The van der Waals surface area contributed by atoms with Gasteiger partial charge in [-0.1, -0.05) is 24.3 Å². The molecular formula is C22H17N3O5. The van der Waals surface area contributed by atoms with Crippen LogP contribution in [0.3, 0.4) is 0 Å². The lowest BCUT2D eigenvalue weighted by molar-refractivity contribution is -0.384. The topological polar surface area (TPSA) is 118 Å². The van der Waals surface area contributed by atoms with E-state index < -0.39 is 10.8 Å². The minimum absolute atomic E-state index is 0.0638. The summed E-state index contributed by atoms with van der Waals surface area (Å²) in [6.07, 6.45) is 1.31. The van der Waals surface area contributed by atoms with Crippen LogP contribution in [0.4, 0.5) is 11.4 Å². The van der Waals surface area contributed by atoms with Crippen molar-refractivity contribution in [3.63, 3.8) is 0 Å². The molecule has 0 fully saturated rings. The van der Waals surface area contributed by atoms with Gasteiger partial charge in [-0.3, -0.25) is 14.9 Å². The SMILES string of the molecule is CCOc1ccccc1NC(=O)/C(C#N)=C/c1ccc(-c2cccc([N+](=O)[O-])c2)o1. The summed E-state index contributed by atoms with van der Waals surface area (Å²) >= 11 is 0. The molecule has 0 saturated heterocycles. The molecule has 1 aromatic heterocycles. The van der Waals surface area contributed by atoms with E-state index in [1.807, 2.05) is 13.0 Å². The van der Waals surface area contributed by atoms with E-state index in [9.17, 15) is 20.2 Å². The van der Waals surface area contributed by atoms with Gasteiger partial charge in [0, 0.05) is 23.8 Å². The van der Waals surface area contributed by atoms with Crippen LogP contribution in [-0.4, -0.2) is 17.4 Å². The molecule has 3 rings (SSSR count). The smallest absolute Gasteiger partial charge is 0.270 e. The van der Waals surface area contributed by atoms with Gasteiger partial charge in [0.25, 0.3) is 11.6 Å². The maximum atomic E-state index is 12.5. The number of ether oxygens (including phenoxy) is 1. The zero-order valence-electron chi connectivity index (χ0n) is 16.0. The molecule has 1 amide bonds. The number of benzene rings is 2. The molecule has 1 N–H and O–H groups in total. The van der Waals surface area contributed by atoms with Crippen molar-refractivity contribution in [2.75, 3.05) is 11.9 Å². The molecule has 30 heavy (non-hydrogen) atoms. The number of furan rings is 1. The lowest BCUT2D eigenvalue weighted by atomic mass is 10.1. The Labute approximate surface area is 172 Å². The first-order valence-electron chi connectivity index (χ1n) is 9.01. The van der Waals surface area contributed by atoms with Crippen molar-refractivity contribution in [3.8, 4) is 23.1 Å². The van der Waals surface area contributed by atoms with Crippen molar-refractivity contribution in [2.45, 2.75) is 6.92 Å². The largest absolute Gasteiger partial charge is 0.492 e. The van der Waals surface area contributed by atoms with Crippen LogP contribution in [-0.2, 0) is 4.79 Å². The highest BCUT2D eigenvalue weighted by atomic mass is 16.6. The van der Waals surface area contributed by atoms with Gasteiger partial charge in [-0.2, -0.15) is 5.26 Å². The molecule has 150 valence electrons. The van der Waals surface area contributed by atoms with Crippen LogP contribution in [0.2, 0.25) is 0 Å². The lowest BCUT2D eigenvalue weighted by Crippen LogP contribution is -2.14. The minimum Gasteiger partial charge on any atom is -0.492 e. The first kappa shape index (κ1) is 20.4. The van der Waals surface area contributed by atoms with Gasteiger partial charge in [-0.05, 0) is 31.2 Å². The zero-order chi connectivity index (χ0) is 21.5. The van der Waals surface area contributed by atoms with Crippen molar-refractivity contribution < 1.29 is 18.9 Å². The lowest BCUT2D eigenvalue weighted by Gasteiger charge is -2.10. The molecule has 0 aliphatic rings. The fourth-order valence-corrected chi connectivity index (χ4v) is 2.69. The second kappa shape index (κ2) is 9.21. The number of nitriles is 1. The Morgan fingerprint density at radius 1 is 1.23 bits per heavy atom. The van der Waals surface area contributed by atoms with Crippen LogP contribution in [0.1, 0.15) is 12.7 Å². The zero-order valence-corrected chi connectivity index (χ0v) is 16.0. The molecule has 0 radical (unpaired) electrons. The third kappa shape index (κ3) is 4.72. The van der Waals surface area contributed by atoms with Crippen LogP contribution in [0.5, 0.6) is 5.75 Å². The highest BCUT2D eigenvalue weighted by Gasteiger charge is 2.14. The average molecular weight is 403 g/mol. The number of anilines is 1. The Kier molecular flexibility index (Phi) is 6.25. The van der Waals surface area contributed by atoms with Crippen molar-refractivity contribution in [3.05, 3.63) is 82.1 Å². The summed E-state index contributed by atoms with van der Waals surface area (Å²) < 4.78 is 11.1. The number of nitrogens with one attached hydrogen (secondary N) is 1. The van der Waals surface area contributed by atoms with Gasteiger partial charge in [-0.25, -0.2) is 0 Å². The summed E-state index contributed by atoms with van der Waals surface area (Å²) in [5, 5.41) is 23.0. The Balaban J connectivity index is 1.82. The molecule has 0 saturated carbocycles. The Hall–Kier alpha value is -4.38. The summed E-state index contributed by atoms with van der Waals surface area (Å²) in [4.78, 5) is 23.0. The first-order chi connectivity index (χ1) is 14.5. The maximum Gasteiger partial charge on any atom is 0.270 e. The van der Waals surface area contributed by atoms with E-state index in [1.54, 1.807) is 48.5 Å². The standard InChI is InChI=1S/C22H17N3O5/c1-2-29-21-9-4-3-8-19(21)24-22(26)16(14-23)13-18-10-11-20(30-18)15-6-5-7-17(12-15)25(27)28/h3-13H,2H2,1H3,(H,24,26)/b16-13+. The number of amides is 1. The van der Waals surface area contributed by atoms with Gasteiger partial charge in [0.05, 0.1) is 17.2 Å². The molecule has 0 spiro atoms. The van der Waals surface area contributed by atoms with Gasteiger partial charge in [0.15, 0.2) is 0 Å². The number of nitro benzene ring substituents is 1. The van der Waals surface area contributed by atoms with Crippen LogP contribution >= 0.6 is 0 Å². The molecular weight excluding hydrogens is 386 g/mol. The second-order valence-electron chi connectivity index (χ2n) is 6.06. The first-order valence-corrected chi connectivity index (χ1v) is 9.01. The summed E-state index contributed by atoms with van der Waals surface area (Å²) in [6, 6.07) is 17.9. The van der Waals surface area contributed by atoms with Crippen molar-refractivity contribution in [1.82, 2.24) is 0 Å². The molecule has 3 aromatic rings. The van der Waals surface area contributed by atoms with Crippen molar-refractivity contribution in [2.24, 2.45) is 0 Å². The van der Waals surface area contributed by atoms with E-state index >= 15 is 0 Å². The van der Waals surface area contributed by atoms with E-state index in [1.165, 1.54) is 18.2 Å². The Morgan fingerprint density at radius 2 is 2.03 bits per heavy atom. The highest BCUT2D eigenvalue weighted by molar-refractivity contribution is 6.10. The summed E-state index contributed by atoms with van der Waals surface area (Å²) in [5.74, 6) is 0.528. The number of carbonyl (C=O) groups is 1. The maximum absolute atomic E-state index is 12.5. The minimum atomic E-state index is -0.613. The molecule has 0 aliphatic heterocycles. The summed E-state index contributed by atoms with van der Waals surface area (Å²) in [5.41, 5.74) is 0.729. The Bertz CT molecular complexity index is 1160. The number of nitro groups is 1. The van der Waals surface area contributed by atoms with Gasteiger partial charge in [-0.15, -0.1) is 0 Å². The molecule has 1 heterocycles. The van der Waals surface area contributed by atoms with Crippen molar-refractivity contribution in [1.29, 1.82) is 5.26 Å². The Morgan fingerprint density at radius 3 is 2.77 bits per heavy atom. The molecule has 0 bridgehead atoms. The van der Waals surface area contributed by atoms with E-state index in [-0.39, 0.29) is 17.0 Å². The van der Waals surface area contributed by atoms with E-state index in [0.29, 0.717) is 29.4 Å². The van der Waals surface area contributed by atoms with E-state index in [0.717, 1.165) is 0 Å². The number of hydrogen-bond acceptors (Lipinski definition) is 6. The number of non-ortho nitro benzene ring substituents is 1. The van der Waals surface area contributed by atoms with E-state index in [2.05, 4.69) is 5.32 Å². The predicted molar refractivity (Wildman–Crippen MR) is 111 cm³/mol. The van der Waals surface area contributed by atoms with Crippen LogP contribution in [0.15, 0.2) is 70.7 Å². The summed E-state index contributed by atoms with van der Waals surface area (Å²) in [7, 11) is 0. The monoisotopic (exact) mass is 403 g/mol. The molecule has 2 aromatic carbocycles. The molecule has 0 unspecified atom stereocenters. The summed E-state index contributed by atoms with van der Waals surface area (Å²) in [6.45, 7) is 2.26. The van der Waals surface area contributed by atoms with E-state index in [4.69, 9.17) is 9.15 Å². The molecule has 8 heteroatoms. The fraction of sp³-hybridized carbons (Fsp3) is 0.0909. The predicted octanol–water partition coefficient (Wildman–Crippen LogP) is 4.80. The quantitative estimate of drug-likeness (QED) is 0.262. The highest BCUT2D eigenvalue weighted by Crippen LogP contribution is 2.27. The van der Waals surface area contributed by atoms with Gasteiger partial charge in [0.2, 0.25) is 0 Å². The number of hydrogen-bond donors (Lipinski definition) is 1.